The van der Waals surface area contributed by atoms with Crippen LogP contribution in [0.2, 0.25) is 5.02 Å². The highest BCUT2D eigenvalue weighted by Gasteiger charge is 2.22. The predicted molar refractivity (Wildman–Crippen MR) is 159 cm³/mol. The SMILES string of the molecule is CCCc1ccccc1NC(=O)c1cc2ccc3c4cc(Cl)ccc4[nH]c3c2c(N=Nc2ccccc2)c1O. The van der Waals surface area contributed by atoms with Crippen molar-refractivity contribution < 1.29 is 9.90 Å². The van der Waals surface area contributed by atoms with E-state index in [1.807, 2.05) is 84.9 Å². The summed E-state index contributed by atoms with van der Waals surface area (Å²) in [5.74, 6) is -0.658. The summed E-state index contributed by atoms with van der Waals surface area (Å²) in [7, 11) is 0. The van der Waals surface area contributed by atoms with Gasteiger partial charge >= 0.3 is 0 Å². The number of rotatable bonds is 6. The van der Waals surface area contributed by atoms with Crippen molar-refractivity contribution in [2.24, 2.45) is 10.2 Å². The lowest BCUT2D eigenvalue weighted by Crippen LogP contribution is -2.13. The number of phenolic OH excluding ortho intramolecular Hbond substituents is 1. The number of nitrogens with zero attached hydrogens (tertiary/aromatic N) is 2. The van der Waals surface area contributed by atoms with Crippen LogP contribution in [0.4, 0.5) is 17.1 Å². The number of halogens is 1. The van der Waals surface area contributed by atoms with Crippen LogP contribution in [0, 0.1) is 0 Å². The molecule has 39 heavy (non-hydrogen) atoms. The molecular formula is C32H25ClN4O2. The summed E-state index contributed by atoms with van der Waals surface area (Å²) in [5.41, 5.74) is 4.41. The summed E-state index contributed by atoms with van der Waals surface area (Å²) in [6, 6.07) is 28.2. The first kappa shape index (κ1) is 24.6. The first-order valence-corrected chi connectivity index (χ1v) is 13.2. The fourth-order valence-corrected chi connectivity index (χ4v) is 5.17. The number of aromatic amines is 1. The molecule has 192 valence electrons. The minimum absolute atomic E-state index is 0.120. The van der Waals surface area contributed by atoms with Crippen molar-refractivity contribution in [3.63, 3.8) is 0 Å². The van der Waals surface area contributed by atoms with E-state index in [0.717, 1.165) is 51.3 Å². The number of nitrogens with one attached hydrogen (secondary N) is 2. The van der Waals surface area contributed by atoms with Gasteiger partial charge in [0.25, 0.3) is 5.91 Å². The van der Waals surface area contributed by atoms with Crippen LogP contribution in [0.3, 0.4) is 0 Å². The summed E-state index contributed by atoms with van der Waals surface area (Å²) in [5, 5.41) is 27.3. The number of anilines is 1. The van der Waals surface area contributed by atoms with Crippen molar-refractivity contribution in [3.8, 4) is 5.75 Å². The van der Waals surface area contributed by atoms with E-state index in [9.17, 15) is 9.90 Å². The van der Waals surface area contributed by atoms with Crippen LogP contribution in [-0.2, 0) is 6.42 Å². The zero-order valence-electron chi connectivity index (χ0n) is 21.2. The lowest BCUT2D eigenvalue weighted by molar-refractivity contribution is 0.102. The van der Waals surface area contributed by atoms with E-state index in [-0.39, 0.29) is 17.0 Å². The molecule has 6 rings (SSSR count). The number of aromatic hydroxyl groups is 1. The molecule has 1 heterocycles. The van der Waals surface area contributed by atoms with Gasteiger partial charge in [0.1, 0.15) is 5.69 Å². The second kappa shape index (κ2) is 10.2. The molecule has 3 N–H and O–H groups in total. The van der Waals surface area contributed by atoms with E-state index in [1.165, 1.54) is 0 Å². The molecule has 0 atom stereocenters. The van der Waals surface area contributed by atoms with Gasteiger partial charge in [-0.1, -0.05) is 73.5 Å². The highest BCUT2D eigenvalue weighted by molar-refractivity contribution is 6.32. The maximum absolute atomic E-state index is 13.5. The van der Waals surface area contributed by atoms with Gasteiger partial charge in [-0.25, -0.2) is 0 Å². The second-order valence-corrected chi connectivity index (χ2v) is 9.86. The Labute approximate surface area is 230 Å². The van der Waals surface area contributed by atoms with Gasteiger partial charge in [-0.3, -0.25) is 4.79 Å². The third kappa shape index (κ3) is 4.60. The van der Waals surface area contributed by atoms with Gasteiger partial charge in [0.2, 0.25) is 0 Å². The third-order valence-corrected chi connectivity index (χ3v) is 7.07. The van der Waals surface area contributed by atoms with Crippen LogP contribution in [0.15, 0.2) is 101 Å². The zero-order valence-corrected chi connectivity index (χ0v) is 22.0. The van der Waals surface area contributed by atoms with Crippen molar-refractivity contribution in [1.82, 2.24) is 4.98 Å². The van der Waals surface area contributed by atoms with Gasteiger partial charge in [0.05, 0.1) is 16.8 Å². The highest BCUT2D eigenvalue weighted by Crippen LogP contribution is 2.44. The van der Waals surface area contributed by atoms with E-state index >= 15 is 0 Å². The maximum Gasteiger partial charge on any atom is 0.259 e. The summed E-state index contributed by atoms with van der Waals surface area (Å²) >= 11 is 6.29. The highest BCUT2D eigenvalue weighted by atomic mass is 35.5. The summed E-state index contributed by atoms with van der Waals surface area (Å²) < 4.78 is 0. The Morgan fingerprint density at radius 2 is 1.72 bits per heavy atom. The van der Waals surface area contributed by atoms with Gasteiger partial charge in [-0.15, -0.1) is 5.11 Å². The molecule has 0 unspecified atom stereocenters. The number of amides is 1. The molecule has 0 fully saturated rings. The van der Waals surface area contributed by atoms with Crippen LogP contribution < -0.4 is 5.32 Å². The molecule has 1 amide bonds. The Kier molecular flexibility index (Phi) is 6.47. The molecule has 0 radical (unpaired) electrons. The van der Waals surface area contributed by atoms with Crippen molar-refractivity contribution in [1.29, 1.82) is 0 Å². The average Bonchev–Trinajstić information content (AvgIpc) is 3.32. The van der Waals surface area contributed by atoms with Crippen LogP contribution in [0.1, 0.15) is 29.3 Å². The molecule has 1 aromatic heterocycles. The van der Waals surface area contributed by atoms with Gasteiger partial charge in [-0.2, -0.15) is 5.11 Å². The molecular weight excluding hydrogens is 508 g/mol. The predicted octanol–water partition coefficient (Wildman–Crippen LogP) is 9.45. The number of aryl methyl sites for hydroxylation is 1. The number of fused-ring (bicyclic) bond motifs is 5. The van der Waals surface area contributed by atoms with Gasteiger partial charge in [-0.05, 0) is 59.8 Å². The Balaban J connectivity index is 1.56. The molecule has 0 saturated heterocycles. The number of benzene rings is 5. The Morgan fingerprint density at radius 1 is 0.923 bits per heavy atom. The Morgan fingerprint density at radius 3 is 2.54 bits per heavy atom. The molecule has 0 bridgehead atoms. The Hall–Kier alpha value is -4.68. The molecule has 7 heteroatoms. The molecule has 0 aliphatic heterocycles. The Bertz CT molecular complexity index is 1890. The number of carbonyl (C=O) groups is 1. The van der Waals surface area contributed by atoms with E-state index in [4.69, 9.17) is 11.6 Å². The number of carbonyl (C=O) groups excluding carboxylic acids is 1. The number of hydrogen-bond acceptors (Lipinski definition) is 4. The number of azo groups is 1. The van der Waals surface area contributed by atoms with Gasteiger partial charge < -0.3 is 15.4 Å². The van der Waals surface area contributed by atoms with Crippen molar-refractivity contribution >= 4 is 67.1 Å². The molecule has 0 aliphatic carbocycles. The van der Waals surface area contributed by atoms with Crippen molar-refractivity contribution in [2.75, 3.05) is 5.32 Å². The van der Waals surface area contributed by atoms with E-state index < -0.39 is 5.91 Å². The lowest BCUT2D eigenvalue weighted by Gasteiger charge is -2.14. The molecule has 0 saturated carbocycles. The molecule has 5 aromatic carbocycles. The smallest absolute Gasteiger partial charge is 0.259 e. The second-order valence-electron chi connectivity index (χ2n) is 9.42. The van der Waals surface area contributed by atoms with Crippen molar-refractivity contribution in [3.05, 3.63) is 107 Å². The topological polar surface area (TPSA) is 89.8 Å². The fraction of sp³-hybridized carbons (Fsp3) is 0.0938. The number of hydrogen-bond donors (Lipinski definition) is 3. The van der Waals surface area contributed by atoms with E-state index in [1.54, 1.807) is 6.07 Å². The number of para-hydroxylation sites is 1. The maximum atomic E-state index is 13.5. The summed E-state index contributed by atoms with van der Waals surface area (Å²) in [6.07, 6.45) is 1.78. The number of aromatic nitrogens is 1. The average molecular weight is 533 g/mol. The van der Waals surface area contributed by atoms with Crippen molar-refractivity contribution in [2.45, 2.75) is 19.8 Å². The minimum atomic E-state index is -0.419. The number of H-pyrrole nitrogens is 1. The quantitative estimate of drug-likeness (QED) is 0.186. The molecule has 6 aromatic rings. The van der Waals surface area contributed by atoms with Gasteiger partial charge in [0, 0.05) is 32.4 Å². The molecule has 0 aliphatic rings. The summed E-state index contributed by atoms with van der Waals surface area (Å²) in [4.78, 5) is 17.0. The third-order valence-electron chi connectivity index (χ3n) is 6.84. The van der Waals surface area contributed by atoms with E-state index in [2.05, 4.69) is 27.5 Å². The normalized spacial score (nSPS) is 11.6. The summed E-state index contributed by atoms with van der Waals surface area (Å²) in [6.45, 7) is 2.09. The first-order chi connectivity index (χ1) is 19.0. The monoisotopic (exact) mass is 532 g/mol. The standard InChI is InChI=1S/C32H25ClN4O2/c1-2-8-19-9-6-7-12-26(19)35-32(39)25-17-20-13-15-23-24-18-21(33)14-16-27(24)34-29(23)28(20)30(31(25)38)37-36-22-10-4-3-5-11-22/h3-7,9-18,34,38H,2,8H2,1H3,(H,35,39). The fourth-order valence-electron chi connectivity index (χ4n) is 4.99. The van der Waals surface area contributed by atoms with Crippen LogP contribution in [0.5, 0.6) is 5.75 Å². The molecule has 0 spiro atoms. The lowest BCUT2D eigenvalue weighted by atomic mass is 9.99. The largest absolute Gasteiger partial charge is 0.505 e. The van der Waals surface area contributed by atoms with Gasteiger partial charge in [0.15, 0.2) is 5.75 Å². The zero-order chi connectivity index (χ0) is 26.9. The number of phenols is 1. The van der Waals surface area contributed by atoms with E-state index in [0.29, 0.717) is 16.1 Å². The first-order valence-electron chi connectivity index (χ1n) is 12.8. The minimum Gasteiger partial charge on any atom is -0.505 e. The van der Waals surface area contributed by atoms with Crippen LogP contribution >= 0.6 is 11.6 Å². The van der Waals surface area contributed by atoms with Crippen LogP contribution in [0.25, 0.3) is 32.6 Å². The molecule has 6 nitrogen and oxygen atoms in total. The van der Waals surface area contributed by atoms with Crippen LogP contribution in [-0.4, -0.2) is 16.0 Å².